The van der Waals surface area contributed by atoms with Gasteiger partial charge in [-0.2, -0.15) is 0 Å². The molecule has 0 aliphatic heterocycles. The van der Waals surface area contributed by atoms with Crippen LogP contribution in [0.1, 0.15) is 25.0 Å². The van der Waals surface area contributed by atoms with E-state index >= 15 is 0 Å². The van der Waals surface area contributed by atoms with Crippen LogP contribution in [0.4, 0.5) is 17.1 Å². The van der Waals surface area contributed by atoms with Gasteiger partial charge in [0.2, 0.25) is 0 Å². The van der Waals surface area contributed by atoms with Crippen LogP contribution >= 0.6 is 0 Å². The van der Waals surface area contributed by atoms with Crippen LogP contribution in [-0.2, 0) is 5.41 Å². The fourth-order valence-corrected chi connectivity index (χ4v) is 8.31. The number of furan rings is 1. The minimum atomic E-state index is -0.0149. The summed E-state index contributed by atoms with van der Waals surface area (Å²) in [7, 11) is 0. The summed E-state index contributed by atoms with van der Waals surface area (Å²) in [5, 5.41) is 2.29. The average Bonchev–Trinajstić information content (AvgIpc) is 3.70. The van der Waals surface area contributed by atoms with Gasteiger partial charge < -0.3 is 9.32 Å². The quantitative estimate of drug-likeness (QED) is 0.174. The van der Waals surface area contributed by atoms with Crippen molar-refractivity contribution in [3.63, 3.8) is 0 Å². The molecule has 1 heterocycles. The van der Waals surface area contributed by atoms with Crippen molar-refractivity contribution in [1.82, 2.24) is 0 Å². The van der Waals surface area contributed by atoms with E-state index in [1.54, 1.807) is 0 Å². The largest absolute Gasteiger partial charge is 0.456 e. The summed E-state index contributed by atoms with van der Waals surface area (Å²) >= 11 is 0. The molecule has 0 saturated heterocycles. The maximum Gasteiger partial charge on any atom is 0.136 e. The van der Waals surface area contributed by atoms with Gasteiger partial charge in [-0.1, -0.05) is 141 Å². The zero-order chi connectivity index (χ0) is 35.5. The second kappa shape index (κ2) is 12.3. The normalized spacial score (nSPS) is 12.9. The Bertz CT molecular complexity index is 2790. The smallest absolute Gasteiger partial charge is 0.136 e. The Morgan fingerprint density at radius 2 is 0.906 bits per heavy atom. The molecule has 1 aromatic heterocycles. The molecule has 0 radical (unpaired) electrons. The maximum atomic E-state index is 6.23. The van der Waals surface area contributed by atoms with Crippen LogP contribution in [0.25, 0.3) is 66.4 Å². The van der Waals surface area contributed by atoms with Crippen molar-refractivity contribution in [2.75, 3.05) is 4.90 Å². The molecule has 1 aliphatic carbocycles. The minimum Gasteiger partial charge on any atom is -0.456 e. The molecule has 0 amide bonds. The van der Waals surface area contributed by atoms with Crippen LogP contribution in [0, 0.1) is 0 Å². The molecule has 10 rings (SSSR count). The first-order valence-electron chi connectivity index (χ1n) is 18.3. The molecule has 0 bridgehead atoms. The van der Waals surface area contributed by atoms with Crippen LogP contribution in [0.5, 0.6) is 0 Å². The number of fused-ring (bicyclic) bond motifs is 6. The molecule has 0 saturated carbocycles. The van der Waals surface area contributed by atoms with Crippen LogP contribution in [-0.4, -0.2) is 0 Å². The van der Waals surface area contributed by atoms with Gasteiger partial charge in [-0.3, -0.25) is 0 Å². The topological polar surface area (TPSA) is 16.4 Å². The first-order chi connectivity index (χ1) is 26.0. The number of hydrogen-bond acceptors (Lipinski definition) is 2. The number of para-hydroxylation sites is 1. The summed E-state index contributed by atoms with van der Waals surface area (Å²) in [6.07, 6.45) is 0. The predicted molar refractivity (Wildman–Crippen MR) is 222 cm³/mol. The van der Waals surface area contributed by atoms with Gasteiger partial charge in [0.05, 0.1) is 0 Å². The second-order valence-electron chi connectivity index (χ2n) is 14.6. The highest BCUT2D eigenvalue weighted by Gasteiger charge is 2.35. The summed E-state index contributed by atoms with van der Waals surface area (Å²) in [6.45, 7) is 4.67. The number of benzene rings is 8. The SMILES string of the molecule is CC1(C)c2ccccc2-c2cc(-c3cccc(N(c4ccc(-c5ccccc5)cc4)c4ccc(-c5ccc6c(c5)oc5ccccc56)cc4)c3)ccc21. The highest BCUT2D eigenvalue weighted by molar-refractivity contribution is 6.06. The molecule has 252 valence electrons. The van der Waals surface area contributed by atoms with E-state index in [0.717, 1.165) is 50.1 Å². The van der Waals surface area contributed by atoms with Gasteiger partial charge in [-0.25, -0.2) is 0 Å². The van der Waals surface area contributed by atoms with E-state index in [-0.39, 0.29) is 5.41 Å². The van der Waals surface area contributed by atoms with Gasteiger partial charge in [-0.05, 0) is 116 Å². The van der Waals surface area contributed by atoms with E-state index < -0.39 is 0 Å². The lowest BCUT2D eigenvalue weighted by molar-refractivity contribution is 0.660. The predicted octanol–water partition coefficient (Wildman–Crippen LogP) is 14.4. The van der Waals surface area contributed by atoms with E-state index in [0.29, 0.717) is 0 Å². The number of hydrogen-bond donors (Lipinski definition) is 0. The van der Waals surface area contributed by atoms with E-state index in [9.17, 15) is 0 Å². The van der Waals surface area contributed by atoms with Crippen LogP contribution in [0.15, 0.2) is 192 Å². The number of nitrogens with zero attached hydrogens (tertiary/aromatic N) is 1. The fourth-order valence-electron chi connectivity index (χ4n) is 8.31. The van der Waals surface area contributed by atoms with E-state index in [2.05, 4.69) is 195 Å². The first-order valence-corrected chi connectivity index (χ1v) is 18.3. The van der Waals surface area contributed by atoms with Crippen molar-refractivity contribution in [3.8, 4) is 44.5 Å². The van der Waals surface area contributed by atoms with Gasteiger partial charge in [-0.15, -0.1) is 0 Å². The van der Waals surface area contributed by atoms with Gasteiger partial charge in [0, 0.05) is 33.2 Å². The second-order valence-corrected chi connectivity index (χ2v) is 14.6. The lowest BCUT2D eigenvalue weighted by atomic mass is 9.82. The first kappa shape index (κ1) is 31.1. The maximum absolute atomic E-state index is 6.23. The van der Waals surface area contributed by atoms with E-state index in [1.165, 1.54) is 44.5 Å². The van der Waals surface area contributed by atoms with Gasteiger partial charge >= 0.3 is 0 Å². The molecule has 0 atom stereocenters. The number of rotatable bonds is 6. The zero-order valence-corrected chi connectivity index (χ0v) is 29.8. The van der Waals surface area contributed by atoms with E-state index in [4.69, 9.17) is 4.42 Å². The summed E-state index contributed by atoms with van der Waals surface area (Å²) in [4.78, 5) is 2.36. The molecule has 0 spiro atoms. The fraction of sp³-hybridized carbons (Fsp3) is 0.0588. The average molecular weight is 680 g/mol. The third kappa shape index (κ3) is 5.26. The Kier molecular flexibility index (Phi) is 7.19. The highest BCUT2D eigenvalue weighted by Crippen LogP contribution is 2.50. The molecule has 9 aromatic rings. The zero-order valence-electron chi connectivity index (χ0n) is 29.8. The van der Waals surface area contributed by atoms with Gasteiger partial charge in [0.15, 0.2) is 0 Å². The summed E-state index contributed by atoms with van der Waals surface area (Å²) in [6, 6.07) is 67.9. The summed E-state index contributed by atoms with van der Waals surface area (Å²) in [5.74, 6) is 0. The Hall–Kier alpha value is -6.64. The summed E-state index contributed by atoms with van der Waals surface area (Å²) in [5.41, 5.74) is 17.6. The molecule has 53 heavy (non-hydrogen) atoms. The van der Waals surface area contributed by atoms with Crippen LogP contribution in [0.3, 0.4) is 0 Å². The van der Waals surface area contributed by atoms with Crippen LogP contribution in [0.2, 0.25) is 0 Å². The Morgan fingerprint density at radius 1 is 0.358 bits per heavy atom. The van der Waals surface area contributed by atoms with Crippen molar-refractivity contribution in [1.29, 1.82) is 0 Å². The van der Waals surface area contributed by atoms with Crippen molar-refractivity contribution in [2.24, 2.45) is 0 Å². The summed E-state index contributed by atoms with van der Waals surface area (Å²) < 4.78 is 6.23. The lowest BCUT2D eigenvalue weighted by Crippen LogP contribution is -2.14. The molecular formula is C51H37NO. The Balaban J connectivity index is 1.05. The van der Waals surface area contributed by atoms with Gasteiger partial charge in [0.25, 0.3) is 0 Å². The minimum absolute atomic E-state index is 0.0149. The van der Waals surface area contributed by atoms with E-state index in [1.807, 2.05) is 12.1 Å². The molecule has 0 N–H and O–H groups in total. The highest BCUT2D eigenvalue weighted by atomic mass is 16.3. The Morgan fingerprint density at radius 3 is 1.70 bits per heavy atom. The monoisotopic (exact) mass is 679 g/mol. The third-order valence-corrected chi connectivity index (χ3v) is 11.1. The molecule has 0 unspecified atom stereocenters. The lowest BCUT2D eigenvalue weighted by Gasteiger charge is -2.26. The van der Waals surface area contributed by atoms with Gasteiger partial charge in [0.1, 0.15) is 11.2 Å². The standard InChI is InChI=1S/C51H37NO/c1-51(2)47-17-8-6-15-43(47)46-32-38(24-30-48(46)51)37-13-10-14-42(31-37)52(40-25-19-35(20-26-40)34-11-4-3-5-12-34)41-27-21-36(22-28-41)39-23-29-45-44-16-7-9-18-49(44)53-50(45)33-39/h3-33H,1-2H3. The molecule has 8 aromatic carbocycles. The van der Waals surface area contributed by atoms with Crippen LogP contribution < -0.4 is 4.90 Å². The van der Waals surface area contributed by atoms with Crippen molar-refractivity contribution >= 4 is 39.0 Å². The number of anilines is 3. The molecule has 0 fully saturated rings. The third-order valence-electron chi connectivity index (χ3n) is 11.1. The van der Waals surface area contributed by atoms with Crippen molar-refractivity contribution in [2.45, 2.75) is 19.3 Å². The molecule has 2 nitrogen and oxygen atoms in total. The van der Waals surface area contributed by atoms with Crippen molar-refractivity contribution < 1.29 is 4.42 Å². The molecular weight excluding hydrogens is 643 g/mol. The van der Waals surface area contributed by atoms with Crippen molar-refractivity contribution in [3.05, 3.63) is 199 Å². The Labute approximate surface area is 310 Å². The molecule has 2 heteroatoms. The molecule has 1 aliphatic rings.